The highest BCUT2D eigenvalue weighted by atomic mass is 16.3. The van der Waals surface area contributed by atoms with Crippen LogP contribution in [0.2, 0.25) is 0 Å². The second-order valence-corrected chi connectivity index (χ2v) is 11.7. The van der Waals surface area contributed by atoms with Crippen LogP contribution in [-0.4, -0.2) is 16.7 Å². The molecule has 4 fully saturated rings. The molecule has 0 saturated heterocycles. The zero-order valence-corrected chi connectivity index (χ0v) is 18.7. The van der Waals surface area contributed by atoms with Gasteiger partial charge in [-0.2, -0.15) is 0 Å². The lowest BCUT2D eigenvalue weighted by molar-refractivity contribution is -0.100. The molecule has 0 spiro atoms. The number of benzene rings is 1. The van der Waals surface area contributed by atoms with Crippen molar-refractivity contribution in [3.63, 3.8) is 0 Å². The van der Waals surface area contributed by atoms with Crippen LogP contribution in [0.4, 0.5) is 5.69 Å². The smallest absolute Gasteiger partial charge is 0.0622 e. The molecule has 1 unspecified atom stereocenters. The third-order valence-electron chi connectivity index (χ3n) is 10.1. The van der Waals surface area contributed by atoms with Gasteiger partial charge in [-0.05, 0) is 125 Å². The minimum atomic E-state index is -0.395. The summed E-state index contributed by atoms with van der Waals surface area (Å²) in [6.45, 7) is 7.15. The molecule has 160 valence electrons. The highest BCUT2D eigenvalue weighted by Gasteiger charge is 2.58. The molecule has 29 heavy (non-hydrogen) atoms. The Morgan fingerprint density at radius 3 is 2.45 bits per heavy atom. The molecule has 0 amide bonds. The van der Waals surface area contributed by atoms with Crippen LogP contribution in [-0.2, 0) is 0 Å². The molecule has 4 aliphatic rings. The Morgan fingerprint density at radius 2 is 1.66 bits per heavy atom. The number of hydrogen-bond donors (Lipinski definition) is 2. The van der Waals surface area contributed by atoms with Crippen molar-refractivity contribution in [1.29, 1.82) is 0 Å². The predicted octanol–water partition coefficient (Wildman–Crippen LogP) is 6.51. The summed E-state index contributed by atoms with van der Waals surface area (Å²) in [7, 11) is 0. The summed E-state index contributed by atoms with van der Waals surface area (Å²) in [5.41, 5.74) is 1.39. The molecule has 0 bridgehead atoms. The van der Waals surface area contributed by atoms with Gasteiger partial charge in [-0.1, -0.05) is 25.1 Å². The molecule has 2 N–H and O–H groups in total. The zero-order valence-electron chi connectivity index (χ0n) is 18.7. The van der Waals surface area contributed by atoms with E-state index in [1.54, 1.807) is 0 Å². The Labute approximate surface area is 177 Å². The van der Waals surface area contributed by atoms with Crippen LogP contribution in [0, 0.1) is 40.9 Å². The van der Waals surface area contributed by atoms with Gasteiger partial charge >= 0.3 is 0 Å². The molecule has 2 nitrogen and oxygen atoms in total. The van der Waals surface area contributed by atoms with Gasteiger partial charge in [0.1, 0.15) is 0 Å². The fourth-order valence-electron chi connectivity index (χ4n) is 8.84. The Bertz CT molecular complexity index is 715. The van der Waals surface area contributed by atoms with Crippen LogP contribution in [0.25, 0.3) is 0 Å². The monoisotopic (exact) mass is 395 g/mol. The average Bonchev–Trinajstić information content (AvgIpc) is 3.05. The van der Waals surface area contributed by atoms with Crippen molar-refractivity contribution in [3.05, 3.63) is 30.3 Å². The normalized spacial score (nSPS) is 47.6. The molecule has 4 saturated carbocycles. The first kappa shape index (κ1) is 19.9. The van der Waals surface area contributed by atoms with E-state index in [0.717, 1.165) is 48.3 Å². The third kappa shape index (κ3) is 3.44. The Kier molecular flexibility index (Phi) is 5.01. The number of anilines is 1. The second-order valence-electron chi connectivity index (χ2n) is 11.7. The summed E-state index contributed by atoms with van der Waals surface area (Å²) < 4.78 is 0. The minimum absolute atomic E-state index is 0.395. The van der Waals surface area contributed by atoms with Crippen molar-refractivity contribution in [2.24, 2.45) is 40.9 Å². The standard InChI is InChI=1S/C27H41NO/c1-18(28-20-7-5-4-6-8-20)24-11-12-25-23-10-9-19-17-26(2,29)15-13-21(19)22(23)14-16-27(24,25)3/h4-8,18-19,21-25,28-29H,9-17H2,1-3H3/t18?,19-,21+,22-,23-,24-,25+,26-,27-/m1/s1. The fourth-order valence-corrected chi connectivity index (χ4v) is 8.84. The van der Waals surface area contributed by atoms with Gasteiger partial charge in [0, 0.05) is 11.7 Å². The molecule has 4 aliphatic carbocycles. The summed E-state index contributed by atoms with van der Waals surface area (Å²) in [4.78, 5) is 0. The van der Waals surface area contributed by atoms with Crippen LogP contribution >= 0.6 is 0 Å². The molecule has 9 atom stereocenters. The molecule has 5 rings (SSSR count). The van der Waals surface area contributed by atoms with Crippen LogP contribution in [0.1, 0.15) is 78.6 Å². The van der Waals surface area contributed by atoms with Gasteiger partial charge in [0.25, 0.3) is 0 Å². The highest BCUT2D eigenvalue weighted by molar-refractivity contribution is 5.43. The largest absolute Gasteiger partial charge is 0.390 e. The van der Waals surface area contributed by atoms with Crippen molar-refractivity contribution in [2.45, 2.75) is 90.2 Å². The van der Waals surface area contributed by atoms with Crippen LogP contribution < -0.4 is 5.32 Å². The third-order valence-corrected chi connectivity index (χ3v) is 10.1. The lowest BCUT2D eigenvalue weighted by atomic mass is 9.49. The van der Waals surface area contributed by atoms with Gasteiger partial charge < -0.3 is 10.4 Å². The summed E-state index contributed by atoms with van der Waals surface area (Å²) >= 11 is 0. The number of rotatable bonds is 3. The first-order chi connectivity index (χ1) is 13.9. The van der Waals surface area contributed by atoms with Gasteiger partial charge in [0.05, 0.1) is 5.60 Å². The topological polar surface area (TPSA) is 32.3 Å². The molecule has 0 radical (unpaired) electrons. The van der Waals surface area contributed by atoms with Gasteiger partial charge in [-0.15, -0.1) is 0 Å². The van der Waals surface area contributed by atoms with E-state index >= 15 is 0 Å². The predicted molar refractivity (Wildman–Crippen MR) is 121 cm³/mol. The summed E-state index contributed by atoms with van der Waals surface area (Å²) in [5.74, 6) is 5.30. The summed E-state index contributed by atoms with van der Waals surface area (Å²) in [6, 6.07) is 11.3. The highest BCUT2D eigenvalue weighted by Crippen LogP contribution is 2.65. The molecule has 0 aromatic heterocycles. The lowest BCUT2D eigenvalue weighted by Gasteiger charge is -2.57. The minimum Gasteiger partial charge on any atom is -0.390 e. The van der Waals surface area contributed by atoms with E-state index in [-0.39, 0.29) is 0 Å². The first-order valence-electron chi connectivity index (χ1n) is 12.4. The second kappa shape index (κ2) is 7.29. The maximum Gasteiger partial charge on any atom is 0.0622 e. The molecular formula is C27H41NO. The molecule has 2 heteroatoms. The number of hydrogen-bond acceptors (Lipinski definition) is 2. The fraction of sp³-hybridized carbons (Fsp3) is 0.778. The van der Waals surface area contributed by atoms with E-state index in [9.17, 15) is 5.11 Å². The Hall–Kier alpha value is -1.02. The van der Waals surface area contributed by atoms with E-state index in [4.69, 9.17) is 0 Å². The molecule has 0 aliphatic heterocycles. The van der Waals surface area contributed by atoms with E-state index in [1.807, 2.05) is 0 Å². The first-order valence-corrected chi connectivity index (χ1v) is 12.4. The average molecular weight is 396 g/mol. The zero-order chi connectivity index (χ0) is 20.2. The van der Waals surface area contributed by atoms with Crippen LogP contribution in [0.5, 0.6) is 0 Å². The van der Waals surface area contributed by atoms with Crippen molar-refractivity contribution < 1.29 is 5.11 Å². The van der Waals surface area contributed by atoms with E-state index in [1.165, 1.54) is 50.6 Å². The molecule has 1 aromatic carbocycles. The number of fused-ring (bicyclic) bond motifs is 5. The maximum atomic E-state index is 10.6. The van der Waals surface area contributed by atoms with Crippen molar-refractivity contribution in [2.75, 3.05) is 5.32 Å². The number of para-hydroxylation sites is 1. The number of nitrogens with one attached hydrogen (secondary N) is 1. The van der Waals surface area contributed by atoms with E-state index in [2.05, 4.69) is 56.4 Å². The van der Waals surface area contributed by atoms with Crippen molar-refractivity contribution in [3.8, 4) is 0 Å². The Balaban J connectivity index is 1.31. The van der Waals surface area contributed by atoms with E-state index in [0.29, 0.717) is 11.5 Å². The van der Waals surface area contributed by atoms with Gasteiger partial charge in [0.2, 0.25) is 0 Å². The van der Waals surface area contributed by atoms with Crippen molar-refractivity contribution >= 4 is 5.69 Å². The van der Waals surface area contributed by atoms with E-state index < -0.39 is 5.60 Å². The SMILES string of the molecule is CC(Nc1ccccc1)[C@H]1CC[C@H]2[C@@H]3CC[C@@H]4C[C@](C)(O)CC[C@@H]4[C@H]3CC[C@]12C. The van der Waals surface area contributed by atoms with Crippen molar-refractivity contribution in [1.82, 2.24) is 0 Å². The molecular weight excluding hydrogens is 354 g/mol. The quantitative estimate of drug-likeness (QED) is 0.611. The van der Waals surface area contributed by atoms with Gasteiger partial charge in [-0.3, -0.25) is 0 Å². The van der Waals surface area contributed by atoms with Gasteiger partial charge in [0.15, 0.2) is 0 Å². The van der Waals surface area contributed by atoms with Crippen LogP contribution in [0.15, 0.2) is 30.3 Å². The lowest BCUT2D eigenvalue weighted by Crippen LogP contribution is -2.51. The van der Waals surface area contributed by atoms with Gasteiger partial charge in [-0.25, -0.2) is 0 Å². The van der Waals surface area contributed by atoms with Crippen LogP contribution in [0.3, 0.4) is 0 Å². The Morgan fingerprint density at radius 1 is 0.897 bits per heavy atom. The molecule has 0 heterocycles. The number of aliphatic hydroxyl groups is 1. The maximum absolute atomic E-state index is 10.6. The summed E-state index contributed by atoms with van der Waals surface area (Å²) in [6.07, 6.45) is 11.9. The molecule has 1 aromatic rings. The summed E-state index contributed by atoms with van der Waals surface area (Å²) in [5, 5.41) is 14.5.